The molecule has 0 unspecified atom stereocenters. The largest absolute Gasteiger partial charge is 0.454 e. The molecule has 0 radical (unpaired) electrons. The van der Waals surface area contributed by atoms with Gasteiger partial charge in [-0.3, -0.25) is 0 Å². The van der Waals surface area contributed by atoms with Crippen molar-refractivity contribution in [3.8, 4) is 11.5 Å². The minimum absolute atomic E-state index is 0.200. The van der Waals surface area contributed by atoms with Crippen LogP contribution in [-0.4, -0.2) is 31.0 Å². The molecule has 3 rings (SSSR count). The predicted octanol–water partition coefficient (Wildman–Crippen LogP) is 4.28. The summed E-state index contributed by atoms with van der Waals surface area (Å²) < 4.78 is 50.3. The number of nitrogens with zero attached hydrogens (tertiary/aromatic N) is 1. The van der Waals surface area contributed by atoms with Crippen LogP contribution in [0, 0.1) is 0 Å². The number of hydrogen-bond acceptors (Lipinski definition) is 3. The third-order valence-corrected chi connectivity index (χ3v) is 4.19. The van der Waals surface area contributed by atoms with Crippen molar-refractivity contribution in [1.29, 1.82) is 0 Å². The average molecular weight is 327 g/mol. The Hall–Kier alpha value is -1.85. The molecule has 126 valence electrons. The quantitative estimate of drug-likeness (QED) is 0.824. The van der Waals surface area contributed by atoms with Gasteiger partial charge < -0.3 is 14.4 Å². The van der Waals surface area contributed by atoms with Crippen LogP contribution >= 0.6 is 0 Å². The number of allylic oxidation sites excluding steroid dienone is 2. The van der Waals surface area contributed by atoms with E-state index in [2.05, 4.69) is 0 Å². The van der Waals surface area contributed by atoms with Crippen LogP contribution in [0.5, 0.6) is 11.5 Å². The van der Waals surface area contributed by atoms with E-state index >= 15 is 0 Å². The van der Waals surface area contributed by atoms with E-state index in [9.17, 15) is 13.2 Å². The van der Waals surface area contributed by atoms with Gasteiger partial charge >= 0.3 is 6.18 Å². The third kappa shape index (κ3) is 3.92. The van der Waals surface area contributed by atoms with E-state index in [4.69, 9.17) is 9.47 Å². The van der Waals surface area contributed by atoms with E-state index in [1.54, 1.807) is 6.07 Å². The molecule has 1 aromatic carbocycles. The van der Waals surface area contributed by atoms with Crippen LogP contribution in [0.3, 0.4) is 0 Å². The highest BCUT2D eigenvalue weighted by Crippen LogP contribution is 2.34. The molecule has 0 N–H and O–H groups in total. The number of rotatable bonds is 4. The number of halogens is 3. The van der Waals surface area contributed by atoms with Crippen LogP contribution in [0.1, 0.15) is 31.2 Å². The third-order valence-electron chi connectivity index (χ3n) is 4.19. The standard InChI is InChI=1S/C17H20F3NO2/c18-17(19,20)16(21-9-2-1-3-10-21)6-4-5-13-7-8-14-15(11-13)23-12-22-14/h6-8,11H,1-5,9-10,12H2/b16-6+. The van der Waals surface area contributed by atoms with Gasteiger partial charge in [-0.1, -0.05) is 12.1 Å². The molecule has 0 aliphatic carbocycles. The van der Waals surface area contributed by atoms with E-state index in [-0.39, 0.29) is 6.79 Å². The fourth-order valence-electron chi connectivity index (χ4n) is 3.03. The zero-order valence-electron chi connectivity index (χ0n) is 12.9. The second-order valence-electron chi connectivity index (χ2n) is 5.86. The Morgan fingerprint density at radius 2 is 1.83 bits per heavy atom. The first kappa shape index (κ1) is 16.0. The molecule has 2 aliphatic heterocycles. The summed E-state index contributed by atoms with van der Waals surface area (Å²) in [7, 11) is 0. The van der Waals surface area contributed by atoms with Gasteiger partial charge in [-0.25, -0.2) is 0 Å². The van der Waals surface area contributed by atoms with Crippen molar-refractivity contribution in [1.82, 2.24) is 4.90 Å². The van der Waals surface area contributed by atoms with Gasteiger partial charge in [0.05, 0.1) is 0 Å². The minimum Gasteiger partial charge on any atom is -0.454 e. The summed E-state index contributed by atoms with van der Waals surface area (Å²) in [4.78, 5) is 1.48. The highest BCUT2D eigenvalue weighted by molar-refractivity contribution is 5.44. The fourth-order valence-corrected chi connectivity index (χ4v) is 3.03. The molecule has 1 saturated heterocycles. The number of hydrogen-bond donors (Lipinski definition) is 0. The first-order valence-electron chi connectivity index (χ1n) is 7.95. The van der Waals surface area contributed by atoms with E-state index < -0.39 is 11.9 Å². The average Bonchev–Trinajstić information content (AvgIpc) is 2.99. The first-order chi connectivity index (χ1) is 11.0. The van der Waals surface area contributed by atoms with Crippen LogP contribution in [0.2, 0.25) is 0 Å². The number of alkyl halides is 3. The summed E-state index contributed by atoms with van der Waals surface area (Å²) in [5.74, 6) is 1.35. The van der Waals surface area contributed by atoms with Crippen molar-refractivity contribution in [2.75, 3.05) is 19.9 Å². The van der Waals surface area contributed by atoms with Gasteiger partial charge in [0, 0.05) is 13.1 Å². The van der Waals surface area contributed by atoms with Crippen molar-refractivity contribution < 1.29 is 22.6 Å². The van der Waals surface area contributed by atoms with Crippen molar-refractivity contribution in [3.63, 3.8) is 0 Å². The van der Waals surface area contributed by atoms with Crippen LogP contribution in [0.25, 0.3) is 0 Å². The summed E-state index contributed by atoms with van der Waals surface area (Å²) >= 11 is 0. The second kappa shape index (κ2) is 6.72. The van der Waals surface area contributed by atoms with Gasteiger partial charge in [0.15, 0.2) is 11.5 Å². The van der Waals surface area contributed by atoms with Crippen molar-refractivity contribution >= 4 is 0 Å². The molecule has 2 heterocycles. The Bertz CT molecular complexity index is 578. The molecule has 1 fully saturated rings. The monoisotopic (exact) mass is 327 g/mol. The van der Waals surface area contributed by atoms with E-state index in [0.29, 0.717) is 37.4 Å². The van der Waals surface area contributed by atoms with E-state index in [0.717, 1.165) is 24.8 Å². The van der Waals surface area contributed by atoms with Gasteiger partial charge in [-0.05, 0) is 49.8 Å². The first-order valence-corrected chi connectivity index (χ1v) is 7.95. The molecule has 0 spiro atoms. The Morgan fingerprint density at radius 1 is 1.09 bits per heavy atom. The maximum absolute atomic E-state index is 13.3. The lowest BCUT2D eigenvalue weighted by Gasteiger charge is -2.32. The molecule has 0 amide bonds. The van der Waals surface area contributed by atoms with Gasteiger partial charge in [0.1, 0.15) is 5.70 Å². The maximum Gasteiger partial charge on any atom is 0.430 e. The smallest absolute Gasteiger partial charge is 0.430 e. The van der Waals surface area contributed by atoms with Crippen LogP contribution < -0.4 is 9.47 Å². The number of fused-ring (bicyclic) bond motifs is 1. The number of benzene rings is 1. The Labute approximate surface area is 133 Å². The summed E-state index contributed by atoms with van der Waals surface area (Å²) in [5.41, 5.74) is 0.462. The van der Waals surface area contributed by atoms with Gasteiger partial charge in [-0.2, -0.15) is 13.2 Å². The van der Waals surface area contributed by atoms with E-state index in [1.165, 1.54) is 11.0 Å². The van der Waals surface area contributed by atoms with Crippen molar-refractivity contribution in [3.05, 3.63) is 35.5 Å². The van der Waals surface area contributed by atoms with Crippen molar-refractivity contribution in [2.24, 2.45) is 0 Å². The number of likely N-dealkylation sites (tertiary alicyclic amines) is 1. The van der Waals surface area contributed by atoms with Crippen LogP contribution in [0.4, 0.5) is 13.2 Å². The molecular formula is C17H20F3NO2. The van der Waals surface area contributed by atoms with E-state index in [1.807, 2.05) is 12.1 Å². The molecule has 23 heavy (non-hydrogen) atoms. The molecule has 0 saturated carbocycles. The maximum atomic E-state index is 13.3. The zero-order chi connectivity index (χ0) is 16.3. The topological polar surface area (TPSA) is 21.7 Å². The Balaban J connectivity index is 1.66. The van der Waals surface area contributed by atoms with Gasteiger partial charge in [0.2, 0.25) is 6.79 Å². The lowest BCUT2D eigenvalue weighted by molar-refractivity contribution is -0.113. The molecular weight excluding hydrogens is 307 g/mol. The normalized spacial score (nSPS) is 18.4. The van der Waals surface area contributed by atoms with Gasteiger partial charge in [0.25, 0.3) is 0 Å². The summed E-state index contributed by atoms with van der Waals surface area (Å²) in [6.07, 6.45) is 0.612. The zero-order valence-corrected chi connectivity index (χ0v) is 12.9. The highest BCUT2D eigenvalue weighted by Gasteiger charge is 2.37. The molecule has 0 aromatic heterocycles. The summed E-state index contributed by atoms with van der Waals surface area (Å²) in [5, 5.41) is 0. The molecule has 6 heteroatoms. The predicted molar refractivity (Wildman–Crippen MR) is 80.4 cm³/mol. The molecule has 2 aliphatic rings. The molecule has 3 nitrogen and oxygen atoms in total. The van der Waals surface area contributed by atoms with Crippen LogP contribution in [-0.2, 0) is 6.42 Å². The SMILES string of the molecule is FC(F)(F)/C(=C\CCc1ccc2c(c1)OCO2)N1CCCCC1. The number of piperidine rings is 1. The summed E-state index contributed by atoms with van der Waals surface area (Å²) in [6.45, 7) is 1.19. The summed E-state index contributed by atoms with van der Waals surface area (Å²) in [6, 6.07) is 5.51. The van der Waals surface area contributed by atoms with Crippen LogP contribution in [0.15, 0.2) is 30.0 Å². The lowest BCUT2D eigenvalue weighted by atomic mass is 10.1. The molecule has 1 aromatic rings. The molecule has 0 bridgehead atoms. The highest BCUT2D eigenvalue weighted by atomic mass is 19.4. The van der Waals surface area contributed by atoms with Gasteiger partial charge in [-0.15, -0.1) is 0 Å². The molecule has 0 atom stereocenters. The fraction of sp³-hybridized carbons (Fsp3) is 0.529. The Kier molecular flexibility index (Phi) is 4.68. The Morgan fingerprint density at radius 3 is 2.57 bits per heavy atom. The second-order valence-corrected chi connectivity index (χ2v) is 5.86. The number of aryl methyl sites for hydroxylation is 1. The lowest BCUT2D eigenvalue weighted by Crippen LogP contribution is -2.35. The minimum atomic E-state index is -4.29. The number of ether oxygens (including phenoxy) is 2. The van der Waals surface area contributed by atoms with Crippen molar-refractivity contribution in [2.45, 2.75) is 38.3 Å².